The molecule has 0 aliphatic carbocycles. The van der Waals surface area contributed by atoms with Gasteiger partial charge in [-0.25, -0.2) is 4.79 Å². The van der Waals surface area contributed by atoms with Crippen LogP contribution in [0, 0.1) is 11.5 Å². The van der Waals surface area contributed by atoms with Crippen LogP contribution in [0.25, 0.3) is 0 Å². The molecular formula is C25H37F3N2O2Si. The van der Waals surface area contributed by atoms with Gasteiger partial charge in [-0.15, -0.1) is 11.5 Å². The zero-order valence-electron chi connectivity index (χ0n) is 20.7. The van der Waals surface area contributed by atoms with Crippen molar-refractivity contribution in [3.8, 4) is 11.5 Å². The zero-order chi connectivity index (χ0) is 25.0. The average Bonchev–Trinajstić information content (AvgIpc) is 3.08. The molecule has 0 radical (unpaired) electrons. The van der Waals surface area contributed by atoms with E-state index in [1.807, 2.05) is 6.07 Å². The lowest BCUT2D eigenvalue weighted by Gasteiger charge is -2.38. The smallest absolute Gasteiger partial charge is 0.422 e. The molecule has 33 heavy (non-hydrogen) atoms. The monoisotopic (exact) mass is 482 g/mol. The molecule has 0 bridgehead atoms. The van der Waals surface area contributed by atoms with E-state index in [0.29, 0.717) is 16.6 Å². The topological polar surface area (TPSA) is 32.8 Å². The minimum absolute atomic E-state index is 0.0858. The maximum atomic E-state index is 14.1. The van der Waals surface area contributed by atoms with Gasteiger partial charge < -0.3 is 4.74 Å². The first-order chi connectivity index (χ1) is 15.4. The standard InChI is InChI=1S/C25H37F3N2O2Si/c1-18(2)33(19(3)4,20(5)6)15-11-14-22-17-29(16-21-12-9-8-10-13-21)23(25(26,27)28)30(22)24(31)32-7/h8-10,12-13,18-20,22-23H,14,16-17H2,1-7H3/t22-,23+/m0/s1. The number of carbonyl (C=O) groups is 1. The maximum Gasteiger partial charge on any atom is 0.422 e. The Morgan fingerprint density at radius 1 is 1.09 bits per heavy atom. The van der Waals surface area contributed by atoms with Crippen LogP contribution in [0.1, 0.15) is 53.5 Å². The van der Waals surface area contributed by atoms with Gasteiger partial charge in [0.2, 0.25) is 0 Å². The van der Waals surface area contributed by atoms with Gasteiger partial charge >= 0.3 is 12.3 Å². The van der Waals surface area contributed by atoms with Crippen LogP contribution in [-0.2, 0) is 11.3 Å². The highest BCUT2D eigenvalue weighted by atomic mass is 28.3. The van der Waals surface area contributed by atoms with Gasteiger partial charge in [0, 0.05) is 19.5 Å². The number of benzene rings is 1. The number of carbonyl (C=O) groups excluding carboxylic acids is 1. The molecule has 1 fully saturated rings. The van der Waals surface area contributed by atoms with Crippen LogP contribution in [0.4, 0.5) is 18.0 Å². The number of alkyl halides is 3. The number of amides is 1. The van der Waals surface area contributed by atoms with E-state index in [2.05, 4.69) is 53.0 Å². The van der Waals surface area contributed by atoms with E-state index in [-0.39, 0.29) is 19.5 Å². The van der Waals surface area contributed by atoms with Crippen LogP contribution >= 0.6 is 0 Å². The third kappa shape index (κ3) is 5.93. The number of hydrogen-bond donors (Lipinski definition) is 0. The van der Waals surface area contributed by atoms with E-state index < -0.39 is 32.6 Å². The molecule has 0 unspecified atom stereocenters. The Balaban J connectivity index is 2.41. The minimum Gasteiger partial charge on any atom is -0.453 e. The van der Waals surface area contributed by atoms with Gasteiger partial charge in [-0.1, -0.05) is 71.9 Å². The van der Waals surface area contributed by atoms with Crippen LogP contribution in [0.5, 0.6) is 0 Å². The fourth-order valence-corrected chi connectivity index (χ4v) is 10.7. The van der Waals surface area contributed by atoms with Crippen LogP contribution < -0.4 is 0 Å². The van der Waals surface area contributed by atoms with Crippen molar-refractivity contribution in [2.75, 3.05) is 13.7 Å². The Kier molecular flexibility index (Phi) is 9.06. The van der Waals surface area contributed by atoms with Crippen molar-refractivity contribution in [3.05, 3.63) is 35.9 Å². The van der Waals surface area contributed by atoms with E-state index >= 15 is 0 Å². The normalized spacial score (nSPS) is 19.8. The number of ether oxygens (including phenoxy) is 1. The molecule has 1 amide bonds. The lowest BCUT2D eigenvalue weighted by Crippen LogP contribution is -2.52. The Morgan fingerprint density at radius 3 is 2.09 bits per heavy atom. The number of nitrogens with zero attached hydrogens (tertiary/aromatic N) is 2. The van der Waals surface area contributed by atoms with E-state index in [0.717, 1.165) is 17.6 Å². The van der Waals surface area contributed by atoms with Crippen molar-refractivity contribution in [1.29, 1.82) is 0 Å². The summed E-state index contributed by atoms with van der Waals surface area (Å²) in [6.07, 6.45) is -7.44. The third-order valence-electron chi connectivity index (χ3n) is 6.86. The summed E-state index contributed by atoms with van der Waals surface area (Å²) in [6.45, 7) is 13.3. The summed E-state index contributed by atoms with van der Waals surface area (Å²) in [5, 5.41) is 0. The van der Waals surface area contributed by atoms with E-state index in [9.17, 15) is 18.0 Å². The Morgan fingerprint density at radius 2 is 1.64 bits per heavy atom. The molecule has 184 valence electrons. The van der Waals surface area contributed by atoms with Gasteiger partial charge in [0.15, 0.2) is 6.17 Å². The number of hydrogen-bond acceptors (Lipinski definition) is 3. The summed E-state index contributed by atoms with van der Waals surface area (Å²) < 4.78 is 47.2. The number of methoxy groups -OCH3 is 1. The van der Waals surface area contributed by atoms with Gasteiger partial charge in [-0.05, 0) is 22.2 Å². The first-order valence-electron chi connectivity index (χ1n) is 11.6. The van der Waals surface area contributed by atoms with Crippen molar-refractivity contribution in [2.24, 2.45) is 0 Å². The molecular weight excluding hydrogens is 445 g/mol. The molecule has 1 aliphatic rings. The zero-order valence-corrected chi connectivity index (χ0v) is 21.7. The van der Waals surface area contributed by atoms with Crippen LogP contribution in [0.2, 0.25) is 16.6 Å². The molecule has 0 N–H and O–H groups in total. The second-order valence-corrected chi connectivity index (χ2v) is 15.3. The minimum atomic E-state index is -4.61. The highest BCUT2D eigenvalue weighted by Gasteiger charge is 2.56. The predicted molar refractivity (Wildman–Crippen MR) is 128 cm³/mol. The fourth-order valence-electron chi connectivity index (χ4n) is 5.44. The second kappa shape index (κ2) is 11.0. The molecule has 1 saturated heterocycles. The van der Waals surface area contributed by atoms with Crippen molar-refractivity contribution >= 4 is 14.2 Å². The van der Waals surface area contributed by atoms with Crippen molar-refractivity contribution in [1.82, 2.24) is 9.80 Å². The molecule has 1 heterocycles. The second-order valence-electron chi connectivity index (χ2n) is 9.76. The van der Waals surface area contributed by atoms with Gasteiger partial charge in [0.05, 0.1) is 13.2 Å². The van der Waals surface area contributed by atoms with Gasteiger partial charge in [-0.2, -0.15) is 13.2 Å². The summed E-state index contributed by atoms with van der Waals surface area (Å²) in [5.74, 6) is 3.25. The van der Waals surface area contributed by atoms with E-state index in [4.69, 9.17) is 4.74 Å². The van der Waals surface area contributed by atoms with Crippen molar-refractivity contribution in [3.63, 3.8) is 0 Å². The molecule has 1 aliphatic heterocycles. The van der Waals surface area contributed by atoms with Crippen LogP contribution in [0.15, 0.2) is 30.3 Å². The first kappa shape index (κ1) is 27.3. The first-order valence-corrected chi connectivity index (χ1v) is 13.8. The molecule has 4 nitrogen and oxygen atoms in total. The molecule has 8 heteroatoms. The summed E-state index contributed by atoms with van der Waals surface area (Å²) in [7, 11) is -0.903. The molecule has 2 rings (SSSR count). The van der Waals surface area contributed by atoms with Crippen LogP contribution in [-0.4, -0.2) is 56.0 Å². The molecule has 1 aromatic carbocycles. The third-order valence-corrected chi connectivity index (χ3v) is 13.2. The van der Waals surface area contributed by atoms with Crippen molar-refractivity contribution < 1.29 is 22.7 Å². The molecule has 2 atom stereocenters. The summed E-state index contributed by atoms with van der Waals surface area (Å²) in [5.41, 5.74) is 5.58. The SMILES string of the molecule is COC(=O)N1[C@@H](CC#C[Si](C(C)C)(C(C)C)C(C)C)CN(Cc2ccccc2)[C@H]1C(F)(F)F. The Hall–Kier alpha value is -1.98. The van der Waals surface area contributed by atoms with Gasteiger partial charge in [-0.3, -0.25) is 9.80 Å². The lowest BCUT2D eigenvalue weighted by molar-refractivity contribution is -0.205. The van der Waals surface area contributed by atoms with E-state index in [1.165, 1.54) is 4.90 Å². The van der Waals surface area contributed by atoms with Gasteiger partial charge in [0.25, 0.3) is 0 Å². The molecule has 0 saturated carbocycles. The average molecular weight is 483 g/mol. The molecule has 0 spiro atoms. The van der Waals surface area contributed by atoms with Crippen molar-refractivity contribution in [2.45, 2.75) is 89.5 Å². The number of rotatable bonds is 6. The Bertz CT molecular complexity index is 825. The highest BCUT2D eigenvalue weighted by Crippen LogP contribution is 2.41. The lowest BCUT2D eigenvalue weighted by atomic mass is 10.2. The largest absolute Gasteiger partial charge is 0.453 e. The molecule has 1 aromatic rings. The summed E-state index contributed by atoms with van der Waals surface area (Å²) >= 11 is 0. The maximum absolute atomic E-state index is 14.1. The van der Waals surface area contributed by atoms with E-state index in [1.54, 1.807) is 24.3 Å². The van der Waals surface area contributed by atoms with Crippen LogP contribution in [0.3, 0.4) is 0 Å². The molecule has 0 aromatic heterocycles. The highest BCUT2D eigenvalue weighted by molar-refractivity contribution is 6.90. The fraction of sp³-hybridized carbons (Fsp3) is 0.640. The van der Waals surface area contributed by atoms with Gasteiger partial charge in [0.1, 0.15) is 8.07 Å². The Labute approximate surface area is 197 Å². The number of halogens is 3. The summed E-state index contributed by atoms with van der Waals surface area (Å²) in [6, 6.07) is 8.29. The summed E-state index contributed by atoms with van der Waals surface area (Å²) in [4.78, 5) is 14.6. The quantitative estimate of drug-likeness (QED) is 0.346. The predicted octanol–water partition coefficient (Wildman–Crippen LogP) is 6.44.